The molecule has 0 bridgehead atoms. The summed E-state index contributed by atoms with van der Waals surface area (Å²) in [5, 5.41) is 8.54. The highest BCUT2D eigenvalue weighted by molar-refractivity contribution is 6.07. The lowest BCUT2D eigenvalue weighted by molar-refractivity contribution is -0.125. The molecule has 8 nitrogen and oxygen atoms in total. The van der Waals surface area contributed by atoms with Gasteiger partial charge in [0.1, 0.15) is 5.54 Å². The van der Waals surface area contributed by atoms with Gasteiger partial charge in [-0.25, -0.2) is 4.79 Å². The molecule has 0 aliphatic carbocycles. The fourth-order valence-corrected chi connectivity index (χ4v) is 3.69. The molecule has 2 fully saturated rings. The summed E-state index contributed by atoms with van der Waals surface area (Å²) in [6.45, 7) is 4.13. The van der Waals surface area contributed by atoms with Crippen molar-refractivity contribution < 1.29 is 9.59 Å². The minimum absolute atomic E-state index is 0.126. The maximum atomic E-state index is 12.1. The van der Waals surface area contributed by atoms with E-state index < -0.39 is 11.6 Å². The average Bonchev–Trinajstić information content (AvgIpc) is 3.12. The quantitative estimate of drug-likeness (QED) is 0.420. The van der Waals surface area contributed by atoms with Crippen LogP contribution in [0.1, 0.15) is 25.5 Å². The zero-order chi connectivity index (χ0) is 18.0. The lowest BCUT2D eigenvalue weighted by Crippen LogP contribution is -2.55. The summed E-state index contributed by atoms with van der Waals surface area (Å²) in [5.74, 6) is 0.771. The third-order valence-corrected chi connectivity index (χ3v) is 5.37. The first-order valence-corrected chi connectivity index (χ1v) is 8.63. The number of piperidine rings is 1. The van der Waals surface area contributed by atoms with Crippen LogP contribution < -0.4 is 16.0 Å². The molecule has 0 saturated carbocycles. The van der Waals surface area contributed by atoms with E-state index in [9.17, 15) is 9.59 Å². The minimum atomic E-state index is -0.802. The third-order valence-electron chi connectivity index (χ3n) is 5.37. The molecule has 1 atom stereocenters. The second-order valence-corrected chi connectivity index (χ2v) is 6.88. The van der Waals surface area contributed by atoms with Crippen LogP contribution in [0.25, 0.3) is 0 Å². The zero-order valence-electron chi connectivity index (χ0n) is 15.0. The predicted octanol–water partition coefficient (Wildman–Crippen LogP) is 0.411. The van der Waals surface area contributed by atoms with Gasteiger partial charge in [-0.1, -0.05) is 0 Å². The van der Waals surface area contributed by atoms with Crippen molar-refractivity contribution in [1.82, 2.24) is 25.4 Å². The van der Waals surface area contributed by atoms with E-state index in [1.54, 1.807) is 7.05 Å². The molecule has 1 aromatic heterocycles. The number of nitrogens with one attached hydrogen (secondary N) is 3. The Bertz CT molecular complexity index is 689. The Morgan fingerprint density at radius 3 is 2.64 bits per heavy atom. The summed E-state index contributed by atoms with van der Waals surface area (Å²) in [6, 6.07) is 3.71. The number of imide groups is 1. The molecule has 0 aromatic carbocycles. The van der Waals surface area contributed by atoms with Crippen molar-refractivity contribution in [2.24, 2.45) is 18.0 Å². The Morgan fingerprint density at radius 1 is 1.40 bits per heavy atom. The Labute approximate surface area is 147 Å². The van der Waals surface area contributed by atoms with Crippen LogP contribution in [0.5, 0.6) is 0 Å². The number of nitrogens with zero attached hydrogens (tertiary/aromatic N) is 3. The van der Waals surface area contributed by atoms with Crippen LogP contribution in [0, 0.1) is 5.92 Å². The highest BCUT2D eigenvalue weighted by Crippen LogP contribution is 2.30. The number of aromatic nitrogens is 1. The highest BCUT2D eigenvalue weighted by atomic mass is 16.2. The molecule has 3 heterocycles. The van der Waals surface area contributed by atoms with Crippen molar-refractivity contribution in [2.45, 2.75) is 31.8 Å². The fourth-order valence-electron chi connectivity index (χ4n) is 3.69. The molecule has 3 N–H and O–H groups in total. The van der Waals surface area contributed by atoms with Crippen molar-refractivity contribution in [3.8, 4) is 0 Å². The first-order valence-electron chi connectivity index (χ1n) is 8.63. The molecular weight excluding hydrogens is 320 g/mol. The molecule has 25 heavy (non-hydrogen) atoms. The number of hydrogen-bond acceptors (Lipinski definition) is 3. The van der Waals surface area contributed by atoms with Gasteiger partial charge in [0.15, 0.2) is 5.96 Å². The van der Waals surface area contributed by atoms with E-state index in [0.29, 0.717) is 6.54 Å². The van der Waals surface area contributed by atoms with Crippen LogP contribution in [0.4, 0.5) is 4.79 Å². The summed E-state index contributed by atoms with van der Waals surface area (Å²) in [4.78, 5) is 30.2. The van der Waals surface area contributed by atoms with Gasteiger partial charge in [0.25, 0.3) is 5.91 Å². The monoisotopic (exact) mass is 346 g/mol. The second-order valence-electron chi connectivity index (χ2n) is 6.88. The van der Waals surface area contributed by atoms with Gasteiger partial charge in [-0.15, -0.1) is 0 Å². The zero-order valence-corrected chi connectivity index (χ0v) is 15.0. The normalized spacial score (nSPS) is 25.1. The van der Waals surface area contributed by atoms with Crippen LogP contribution in [0.15, 0.2) is 23.3 Å². The smallest absolute Gasteiger partial charge is 0.322 e. The van der Waals surface area contributed by atoms with Crippen molar-refractivity contribution in [3.05, 3.63) is 24.0 Å². The molecular formula is C17H26N6O2. The van der Waals surface area contributed by atoms with E-state index in [2.05, 4.69) is 36.5 Å². The van der Waals surface area contributed by atoms with Gasteiger partial charge in [-0.05, 0) is 37.8 Å². The average molecular weight is 346 g/mol. The van der Waals surface area contributed by atoms with Gasteiger partial charge < -0.3 is 20.1 Å². The molecule has 1 aromatic rings. The largest absolute Gasteiger partial charge is 0.353 e. The van der Waals surface area contributed by atoms with E-state index in [0.717, 1.165) is 31.9 Å². The molecule has 2 aliphatic rings. The maximum absolute atomic E-state index is 12.1. The highest BCUT2D eigenvalue weighted by Gasteiger charge is 2.48. The van der Waals surface area contributed by atoms with E-state index in [-0.39, 0.29) is 11.8 Å². The Balaban J connectivity index is 1.56. The summed E-state index contributed by atoms with van der Waals surface area (Å²) >= 11 is 0. The maximum Gasteiger partial charge on any atom is 0.322 e. The number of likely N-dealkylation sites (tertiary alicyclic amines) is 1. The van der Waals surface area contributed by atoms with Gasteiger partial charge in [-0.2, -0.15) is 0 Å². The van der Waals surface area contributed by atoms with Gasteiger partial charge in [-0.3, -0.25) is 15.1 Å². The topological polar surface area (TPSA) is 90.8 Å². The number of rotatable bonds is 3. The molecule has 2 saturated heterocycles. The Hall–Kier alpha value is -2.51. The lowest BCUT2D eigenvalue weighted by atomic mass is 9.79. The molecule has 0 radical (unpaired) electrons. The van der Waals surface area contributed by atoms with Crippen LogP contribution in [-0.4, -0.2) is 53.0 Å². The Morgan fingerprint density at radius 2 is 2.12 bits per heavy atom. The van der Waals surface area contributed by atoms with Gasteiger partial charge in [0.2, 0.25) is 0 Å². The summed E-state index contributed by atoms with van der Waals surface area (Å²) in [5.41, 5.74) is 0.386. The van der Waals surface area contributed by atoms with Crippen LogP contribution in [0.2, 0.25) is 0 Å². The Kier molecular flexibility index (Phi) is 4.69. The number of guanidine groups is 1. The second kappa shape index (κ2) is 6.78. The van der Waals surface area contributed by atoms with Gasteiger partial charge in [0.05, 0.1) is 6.54 Å². The summed E-state index contributed by atoms with van der Waals surface area (Å²) in [7, 11) is 3.80. The number of aryl methyl sites for hydroxylation is 1. The van der Waals surface area contributed by atoms with E-state index in [1.165, 1.54) is 5.69 Å². The molecule has 8 heteroatoms. The van der Waals surface area contributed by atoms with E-state index >= 15 is 0 Å². The van der Waals surface area contributed by atoms with Gasteiger partial charge >= 0.3 is 6.03 Å². The first kappa shape index (κ1) is 17.3. The number of urea groups is 1. The number of carbonyl (C=O) groups excluding carboxylic acids is 2. The third kappa shape index (κ3) is 3.33. The minimum Gasteiger partial charge on any atom is -0.353 e. The molecule has 3 amide bonds. The van der Waals surface area contributed by atoms with Gasteiger partial charge in [0, 0.05) is 39.1 Å². The molecule has 0 spiro atoms. The number of hydrogen-bond donors (Lipinski definition) is 3. The molecule has 1 unspecified atom stereocenters. The molecule has 3 rings (SSSR count). The number of aliphatic imine (C=N–C) groups is 1. The summed E-state index contributed by atoms with van der Waals surface area (Å²) < 4.78 is 2.08. The van der Waals surface area contributed by atoms with E-state index in [4.69, 9.17) is 0 Å². The fraction of sp³-hybridized carbons (Fsp3) is 0.588. The lowest BCUT2D eigenvalue weighted by Gasteiger charge is -2.39. The molecule has 2 aliphatic heterocycles. The van der Waals surface area contributed by atoms with Crippen LogP contribution in [-0.2, 0) is 18.4 Å². The van der Waals surface area contributed by atoms with Crippen LogP contribution >= 0.6 is 0 Å². The number of carbonyl (C=O) groups is 2. The van der Waals surface area contributed by atoms with Crippen molar-refractivity contribution >= 4 is 17.9 Å². The number of amides is 3. The first-order chi connectivity index (χ1) is 11.9. The summed E-state index contributed by atoms with van der Waals surface area (Å²) in [6.07, 6.45) is 3.68. The standard InChI is InChI=1S/C17H26N6O2/c1-17(14(24)20-16(25)21-17)12-6-9-23(10-7-12)15(18-2)19-11-13-5-4-8-22(13)3/h4-5,8,12H,6-7,9-11H2,1-3H3,(H,18,19)(H2,20,21,24,25). The van der Waals surface area contributed by atoms with Crippen molar-refractivity contribution in [3.63, 3.8) is 0 Å². The van der Waals surface area contributed by atoms with Crippen molar-refractivity contribution in [2.75, 3.05) is 20.1 Å². The SMILES string of the molecule is CN=C(NCc1cccn1C)N1CCC(C2(C)NC(=O)NC2=O)CC1. The van der Waals surface area contributed by atoms with E-state index in [1.807, 2.05) is 26.2 Å². The van der Waals surface area contributed by atoms with Crippen LogP contribution in [0.3, 0.4) is 0 Å². The van der Waals surface area contributed by atoms with Crippen molar-refractivity contribution in [1.29, 1.82) is 0 Å². The molecule has 136 valence electrons. The predicted molar refractivity (Wildman–Crippen MR) is 95.0 cm³/mol.